The van der Waals surface area contributed by atoms with E-state index in [9.17, 15) is 4.39 Å². The molecule has 4 heteroatoms. The van der Waals surface area contributed by atoms with E-state index in [1.807, 2.05) is 0 Å². The summed E-state index contributed by atoms with van der Waals surface area (Å²) >= 11 is 0. The van der Waals surface area contributed by atoms with Crippen LogP contribution in [-0.2, 0) is 25.9 Å². The van der Waals surface area contributed by atoms with Gasteiger partial charge >= 0.3 is 0 Å². The summed E-state index contributed by atoms with van der Waals surface area (Å²) in [5.74, 6) is 1.82. The molecule has 3 nitrogen and oxygen atoms in total. The van der Waals surface area contributed by atoms with Gasteiger partial charge in [0.15, 0.2) is 0 Å². The molecule has 0 unspecified atom stereocenters. The van der Waals surface area contributed by atoms with Gasteiger partial charge in [-0.3, -0.25) is 4.90 Å². The molecule has 152 valence electrons. The predicted molar refractivity (Wildman–Crippen MR) is 115 cm³/mol. The highest BCUT2D eigenvalue weighted by Gasteiger charge is 2.23. The molecule has 0 amide bonds. The lowest BCUT2D eigenvalue weighted by Crippen LogP contribution is -2.34. The molecule has 0 aliphatic carbocycles. The summed E-state index contributed by atoms with van der Waals surface area (Å²) in [5.41, 5.74) is 4.59. The Morgan fingerprint density at radius 1 is 1.03 bits per heavy atom. The van der Waals surface area contributed by atoms with Crippen LogP contribution in [0.15, 0.2) is 42.5 Å². The first-order valence-electron chi connectivity index (χ1n) is 11.2. The Kier molecular flexibility index (Phi) is 5.36. The zero-order valence-electron chi connectivity index (χ0n) is 17.1. The molecule has 0 spiro atoms. The van der Waals surface area contributed by atoms with Crippen molar-refractivity contribution in [2.75, 3.05) is 13.1 Å². The van der Waals surface area contributed by atoms with E-state index in [0.29, 0.717) is 0 Å². The van der Waals surface area contributed by atoms with Crippen LogP contribution in [0.25, 0.3) is 11.0 Å². The van der Waals surface area contributed by atoms with E-state index in [1.165, 1.54) is 43.2 Å². The van der Waals surface area contributed by atoms with Gasteiger partial charge in [-0.25, -0.2) is 9.37 Å². The van der Waals surface area contributed by atoms with E-state index >= 15 is 0 Å². The molecule has 1 fully saturated rings. The van der Waals surface area contributed by atoms with Crippen molar-refractivity contribution in [1.82, 2.24) is 14.5 Å². The molecular weight excluding hydrogens is 361 g/mol. The Hall–Kier alpha value is -2.20. The second-order valence-corrected chi connectivity index (χ2v) is 8.81. The molecular formula is C25H30FN3. The van der Waals surface area contributed by atoms with Crippen molar-refractivity contribution >= 4 is 11.0 Å². The minimum atomic E-state index is -0.151. The SMILES string of the molecule is Fc1cc2c3c(c1)nc(CN1CCC(CCCc4ccccc4)CC1)n3CCC2. The quantitative estimate of drug-likeness (QED) is 0.564. The average Bonchev–Trinajstić information content (AvgIpc) is 3.08. The Labute approximate surface area is 172 Å². The molecule has 2 aliphatic rings. The van der Waals surface area contributed by atoms with Crippen LogP contribution in [0.4, 0.5) is 4.39 Å². The van der Waals surface area contributed by atoms with Crippen molar-refractivity contribution in [3.05, 3.63) is 65.2 Å². The number of rotatable bonds is 6. The van der Waals surface area contributed by atoms with Gasteiger partial charge < -0.3 is 4.57 Å². The van der Waals surface area contributed by atoms with Crippen molar-refractivity contribution in [3.8, 4) is 0 Å². The number of aryl methyl sites for hydroxylation is 3. The van der Waals surface area contributed by atoms with Crippen LogP contribution in [0.5, 0.6) is 0 Å². The van der Waals surface area contributed by atoms with Crippen molar-refractivity contribution in [2.24, 2.45) is 5.92 Å². The first-order valence-corrected chi connectivity index (χ1v) is 11.2. The number of aromatic nitrogens is 2. The highest BCUT2D eigenvalue weighted by molar-refractivity contribution is 5.80. The van der Waals surface area contributed by atoms with Gasteiger partial charge in [-0.2, -0.15) is 0 Å². The first kappa shape index (κ1) is 18.8. The van der Waals surface area contributed by atoms with Crippen LogP contribution in [0, 0.1) is 11.7 Å². The number of likely N-dealkylation sites (tertiary alicyclic amines) is 1. The van der Waals surface area contributed by atoms with Gasteiger partial charge in [0.25, 0.3) is 0 Å². The van der Waals surface area contributed by atoms with Crippen LogP contribution in [0.2, 0.25) is 0 Å². The molecule has 0 bridgehead atoms. The lowest BCUT2D eigenvalue weighted by molar-refractivity contribution is 0.166. The Morgan fingerprint density at radius 3 is 2.69 bits per heavy atom. The molecule has 1 saturated heterocycles. The van der Waals surface area contributed by atoms with E-state index < -0.39 is 0 Å². The fourth-order valence-corrected chi connectivity index (χ4v) is 5.22. The van der Waals surface area contributed by atoms with Crippen molar-refractivity contribution in [1.29, 1.82) is 0 Å². The molecule has 3 heterocycles. The first-order chi connectivity index (χ1) is 14.3. The number of halogens is 1. The molecule has 5 rings (SSSR count). The minimum absolute atomic E-state index is 0.151. The lowest BCUT2D eigenvalue weighted by atomic mass is 9.91. The summed E-state index contributed by atoms with van der Waals surface area (Å²) in [6, 6.07) is 14.1. The maximum absolute atomic E-state index is 13.9. The van der Waals surface area contributed by atoms with Gasteiger partial charge in [-0.05, 0) is 74.7 Å². The topological polar surface area (TPSA) is 21.1 Å². The van der Waals surface area contributed by atoms with E-state index in [-0.39, 0.29) is 5.82 Å². The smallest absolute Gasteiger partial charge is 0.125 e. The second kappa shape index (κ2) is 8.27. The number of piperidine rings is 1. The van der Waals surface area contributed by atoms with Crippen LogP contribution < -0.4 is 0 Å². The van der Waals surface area contributed by atoms with Crippen molar-refractivity contribution < 1.29 is 4.39 Å². The predicted octanol–water partition coefficient (Wildman–Crippen LogP) is 5.36. The second-order valence-electron chi connectivity index (χ2n) is 8.81. The normalized spacial score (nSPS) is 17.8. The lowest BCUT2D eigenvalue weighted by Gasteiger charge is -2.32. The van der Waals surface area contributed by atoms with E-state index in [2.05, 4.69) is 39.8 Å². The zero-order chi connectivity index (χ0) is 19.6. The van der Waals surface area contributed by atoms with Gasteiger partial charge in [0.1, 0.15) is 11.6 Å². The summed E-state index contributed by atoms with van der Waals surface area (Å²) in [4.78, 5) is 7.37. The maximum Gasteiger partial charge on any atom is 0.125 e. The van der Waals surface area contributed by atoms with Gasteiger partial charge in [0.05, 0.1) is 17.6 Å². The third-order valence-corrected chi connectivity index (χ3v) is 6.79. The molecule has 0 saturated carbocycles. The third kappa shape index (κ3) is 4.09. The standard InChI is InChI=1S/C25H30FN3/c26-22-16-21-10-5-13-29-24(27-23(17-22)25(21)29)18-28-14-11-20(12-15-28)9-4-8-19-6-2-1-3-7-19/h1-3,6-7,16-17,20H,4-5,8-15,18H2. The highest BCUT2D eigenvalue weighted by Crippen LogP contribution is 2.29. The molecule has 3 aromatic rings. The minimum Gasteiger partial charge on any atom is -0.327 e. The van der Waals surface area contributed by atoms with E-state index in [0.717, 1.165) is 61.8 Å². The zero-order valence-corrected chi connectivity index (χ0v) is 17.1. The molecule has 0 atom stereocenters. The number of hydrogen-bond acceptors (Lipinski definition) is 2. The van der Waals surface area contributed by atoms with Crippen LogP contribution in [-0.4, -0.2) is 27.5 Å². The largest absolute Gasteiger partial charge is 0.327 e. The Morgan fingerprint density at radius 2 is 1.86 bits per heavy atom. The summed E-state index contributed by atoms with van der Waals surface area (Å²) in [6.45, 7) is 4.22. The van der Waals surface area contributed by atoms with E-state index in [4.69, 9.17) is 4.98 Å². The number of imidazole rings is 1. The molecule has 1 aromatic heterocycles. The molecule has 29 heavy (non-hydrogen) atoms. The fraction of sp³-hybridized carbons (Fsp3) is 0.480. The van der Waals surface area contributed by atoms with Gasteiger partial charge in [0, 0.05) is 12.6 Å². The third-order valence-electron chi connectivity index (χ3n) is 6.79. The fourth-order valence-electron chi connectivity index (χ4n) is 5.22. The Bertz CT molecular complexity index is 971. The molecule has 2 aliphatic heterocycles. The summed E-state index contributed by atoms with van der Waals surface area (Å²) in [5, 5.41) is 0. The monoisotopic (exact) mass is 391 g/mol. The van der Waals surface area contributed by atoms with Crippen molar-refractivity contribution in [2.45, 2.75) is 58.0 Å². The maximum atomic E-state index is 13.9. The van der Waals surface area contributed by atoms with Crippen molar-refractivity contribution in [3.63, 3.8) is 0 Å². The van der Waals surface area contributed by atoms with Gasteiger partial charge in [-0.1, -0.05) is 36.8 Å². The number of benzene rings is 2. The van der Waals surface area contributed by atoms with Gasteiger partial charge in [0.2, 0.25) is 0 Å². The number of nitrogens with zero attached hydrogens (tertiary/aromatic N) is 3. The van der Waals surface area contributed by atoms with Crippen LogP contribution >= 0.6 is 0 Å². The summed E-state index contributed by atoms with van der Waals surface area (Å²) in [6.07, 6.45) is 8.45. The molecule has 0 N–H and O–H groups in total. The van der Waals surface area contributed by atoms with Gasteiger partial charge in [-0.15, -0.1) is 0 Å². The summed E-state index contributed by atoms with van der Waals surface area (Å²) < 4.78 is 16.2. The number of hydrogen-bond donors (Lipinski definition) is 0. The average molecular weight is 392 g/mol. The van der Waals surface area contributed by atoms with E-state index in [1.54, 1.807) is 12.1 Å². The Balaban J connectivity index is 1.17. The summed E-state index contributed by atoms with van der Waals surface area (Å²) in [7, 11) is 0. The highest BCUT2D eigenvalue weighted by atomic mass is 19.1. The molecule has 2 aromatic carbocycles. The van der Waals surface area contributed by atoms with Crippen LogP contribution in [0.1, 0.15) is 49.1 Å². The molecule has 0 radical (unpaired) electrons. The van der Waals surface area contributed by atoms with Crippen LogP contribution in [0.3, 0.4) is 0 Å².